The van der Waals surface area contributed by atoms with Crippen LogP contribution in [0.3, 0.4) is 0 Å². The van der Waals surface area contributed by atoms with Crippen LogP contribution in [0.5, 0.6) is 0 Å². The van der Waals surface area contributed by atoms with Crippen LogP contribution >= 0.6 is 0 Å². The molecular formula is C17H27NO. The summed E-state index contributed by atoms with van der Waals surface area (Å²) in [4.78, 5) is 14.0. The second kappa shape index (κ2) is 6.74. The van der Waals surface area contributed by atoms with Crippen molar-refractivity contribution in [3.8, 4) is 0 Å². The van der Waals surface area contributed by atoms with Gasteiger partial charge in [-0.3, -0.25) is 4.79 Å². The van der Waals surface area contributed by atoms with Crippen LogP contribution in [0.4, 0.5) is 0 Å². The summed E-state index contributed by atoms with van der Waals surface area (Å²) in [6.45, 7) is 12.3. The number of hydrogen-bond acceptors (Lipinski definition) is 1. The summed E-state index contributed by atoms with van der Waals surface area (Å²) in [7, 11) is 0. The number of nitrogens with zero attached hydrogens (tertiary/aromatic N) is 1. The van der Waals surface area contributed by atoms with E-state index in [1.54, 1.807) is 0 Å². The molecule has 0 fully saturated rings. The van der Waals surface area contributed by atoms with E-state index in [2.05, 4.69) is 32.9 Å². The molecule has 0 atom stereocenters. The second-order valence-electron chi connectivity index (χ2n) is 6.24. The van der Waals surface area contributed by atoms with Gasteiger partial charge in [-0.05, 0) is 49.8 Å². The zero-order valence-corrected chi connectivity index (χ0v) is 13.0. The SMILES string of the molecule is CCN(CC)C(=O)c1ccc(CCC(C)(C)C)cc1. The molecule has 0 bridgehead atoms. The van der Waals surface area contributed by atoms with E-state index in [0.29, 0.717) is 5.41 Å². The van der Waals surface area contributed by atoms with E-state index in [-0.39, 0.29) is 5.91 Å². The third-order valence-corrected chi connectivity index (χ3v) is 3.42. The number of rotatable bonds is 5. The monoisotopic (exact) mass is 261 g/mol. The number of hydrogen-bond donors (Lipinski definition) is 0. The van der Waals surface area contributed by atoms with E-state index in [1.165, 1.54) is 5.56 Å². The number of benzene rings is 1. The number of aryl methyl sites for hydroxylation is 1. The van der Waals surface area contributed by atoms with Gasteiger partial charge in [0, 0.05) is 18.7 Å². The fourth-order valence-corrected chi connectivity index (χ4v) is 2.03. The minimum Gasteiger partial charge on any atom is -0.339 e. The highest BCUT2D eigenvalue weighted by Gasteiger charge is 2.13. The maximum atomic E-state index is 12.2. The van der Waals surface area contributed by atoms with Crippen LogP contribution in [-0.4, -0.2) is 23.9 Å². The Hall–Kier alpha value is -1.31. The molecule has 0 unspecified atom stereocenters. The van der Waals surface area contributed by atoms with Crippen LogP contribution in [0, 0.1) is 5.41 Å². The van der Waals surface area contributed by atoms with E-state index in [1.807, 2.05) is 30.9 Å². The Morgan fingerprint density at radius 3 is 2.00 bits per heavy atom. The summed E-state index contributed by atoms with van der Waals surface area (Å²) in [5.41, 5.74) is 2.46. The molecule has 2 nitrogen and oxygen atoms in total. The summed E-state index contributed by atoms with van der Waals surface area (Å²) in [5.74, 6) is 0.132. The van der Waals surface area contributed by atoms with Crippen molar-refractivity contribution in [2.75, 3.05) is 13.1 Å². The van der Waals surface area contributed by atoms with Crippen LogP contribution in [0.25, 0.3) is 0 Å². The van der Waals surface area contributed by atoms with Gasteiger partial charge in [-0.2, -0.15) is 0 Å². The van der Waals surface area contributed by atoms with Gasteiger partial charge < -0.3 is 4.90 Å². The van der Waals surface area contributed by atoms with Gasteiger partial charge in [0.15, 0.2) is 0 Å². The van der Waals surface area contributed by atoms with E-state index in [4.69, 9.17) is 0 Å². The van der Waals surface area contributed by atoms with Crippen molar-refractivity contribution in [2.45, 2.75) is 47.5 Å². The third-order valence-electron chi connectivity index (χ3n) is 3.42. The van der Waals surface area contributed by atoms with Gasteiger partial charge in [0.25, 0.3) is 5.91 Å². The van der Waals surface area contributed by atoms with Crippen molar-refractivity contribution in [3.63, 3.8) is 0 Å². The first kappa shape index (κ1) is 15.7. The Bertz CT molecular complexity index is 396. The maximum absolute atomic E-state index is 12.2. The van der Waals surface area contributed by atoms with Crippen LogP contribution in [0.1, 0.15) is 57.0 Å². The Labute approximate surface area is 117 Å². The lowest BCUT2D eigenvalue weighted by atomic mass is 9.88. The van der Waals surface area contributed by atoms with Gasteiger partial charge in [0.1, 0.15) is 0 Å². The van der Waals surface area contributed by atoms with Crippen molar-refractivity contribution in [1.29, 1.82) is 0 Å². The Balaban J connectivity index is 2.68. The Morgan fingerprint density at radius 1 is 1.05 bits per heavy atom. The van der Waals surface area contributed by atoms with E-state index in [9.17, 15) is 4.79 Å². The van der Waals surface area contributed by atoms with Crippen LogP contribution in [0.15, 0.2) is 24.3 Å². The molecule has 0 heterocycles. The minimum absolute atomic E-state index is 0.132. The van der Waals surface area contributed by atoms with Crippen molar-refractivity contribution < 1.29 is 4.79 Å². The van der Waals surface area contributed by atoms with Gasteiger partial charge >= 0.3 is 0 Å². The molecular weight excluding hydrogens is 234 g/mol. The summed E-state index contributed by atoms with van der Waals surface area (Å²) < 4.78 is 0. The molecule has 106 valence electrons. The number of carbonyl (C=O) groups is 1. The van der Waals surface area contributed by atoms with Crippen LogP contribution < -0.4 is 0 Å². The molecule has 0 aliphatic heterocycles. The van der Waals surface area contributed by atoms with Gasteiger partial charge in [-0.25, -0.2) is 0 Å². The molecule has 0 spiro atoms. The second-order valence-corrected chi connectivity index (χ2v) is 6.24. The molecule has 0 radical (unpaired) electrons. The smallest absolute Gasteiger partial charge is 0.253 e. The predicted molar refractivity (Wildman–Crippen MR) is 81.5 cm³/mol. The molecule has 1 rings (SSSR count). The quantitative estimate of drug-likeness (QED) is 0.780. The lowest BCUT2D eigenvalue weighted by Gasteiger charge is -2.19. The minimum atomic E-state index is 0.132. The van der Waals surface area contributed by atoms with Crippen molar-refractivity contribution in [1.82, 2.24) is 4.90 Å². The molecule has 0 aromatic heterocycles. The molecule has 0 aliphatic carbocycles. The largest absolute Gasteiger partial charge is 0.339 e. The zero-order chi connectivity index (χ0) is 14.5. The molecule has 1 aromatic rings. The maximum Gasteiger partial charge on any atom is 0.253 e. The number of amides is 1. The highest BCUT2D eigenvalue weighted by atomic mass is 16.2. The van der Waals surface area contributed by atoms with E-state index < -0.39 is 0 Å². The third kappa shape index (κ3) is 5.06. The molecule has 0 saturated heterocycles. The van der Waals surface area contributed by atoms with Gasteiger partial charge in [0.2, 0.25) is 0 Å². The first-order valence-corrected chi connectivity index (χ1v) is 7.25. The molecule has 0 N–H and O–H groups in total. The molecule has 1 amide bonds. The highest BCUT2D eigenvalue weighted by molar-refractivity contribution is 5.94. The fourth-order valence-electron chi connectivity index (χ4n) is 2.03. The zero-order valence-electron chi connectivity index (χ0n) is 13.0. The molecule has 19 heavy (non-hydrogen) atoms. The van der Waals surface area contributed by atoms with Crippen LogP contribution in [-0.2, 0) is 6.42 Å². The fraction of sp³-hybridized carbons (Fsp3) is 0.588. The van der Waals surface area contributed by atoms with Crippen molar-refractivity contribution in [3.05, 3.63) is 35.4 Å². The lowest BCUT2D eigenvalue weighted by molar-refractivity contribution is 0.0773. The molecule has 0 saturated carbocycles. The lowest BCUT2D eigenvalue weighted by Crippen LogP contribution is -2.30. The van der Waals surface area contributed by atoms with Crippen molar-refractivity contribution >= 4 is 5.91 Å². The average Bonchev–Trinajstić information content (AvgIpc) is 2.37. The van der Waals surface area contributed by atoms with Crippen molar-refractivity contribution in [2.24, 2.45) is 5.41 Å². The van der Waals surface area contributed by atoms with Gasteiger partial charge in [0.05, 0.1) is 0 Å². The van der Waals surface area contributed by atoms with Crippen LogP contribution in [0.2, 0.25) is 0 Å². The molecule has 1 aromatic carbocycles. The Kier molecular flexibility index (Phi) is 5.59. The number of carbonyl (C=O) groups excluding carboxylic acids is 1. The molecule has 0 aliphatic rings. The Morgan fingerprint density at radius 2 is 1.58 bits per heavy atom. The summed E-state index contributed by atoms with van der Waals surface area (Å²) in [6.07, 6.45) is 2.24. The predicted octanol–water partition coefficient (Wildman–Crippen LogP) is 4.15. The summed E-state index contributed by atoms with van der Waals surface area (Å²) in [5, 5.41) is 0. The standard InChI is InChI=1S/C17H27NO/c1-6-18(7-2)16(19)15-10-8-14(9-11-15)12-13-17(3,4)5/h8-11H,6-7,12-13H2,1-5H3. The highest BCUT2D eigenvalue weighted by Crippen LogP contribution is 2.21. The average molecular weight is 261 g/mol. The summed E-state index contributed by atoms with van der Waals surface area (Å²) in [6, 6.07) is 8.09. The molecule has 2 heteroatoms. The van der Waals surface area contributed by atoms with E-state index in [0.717, 1.165) is 31.5 Å². The first-order chi connectivity index (χ1) is 8.87. The normalized spacial score (nSPS) is 11.4. The summed E-state index contributed by atoms with van der Waals surface area (Å²) >= 11 is 0. The van der Waals surface area contributed by atoms with E-state index >= 15 is 0 Å². The van der Waals surface area contributed by atoms with Gasteiger partial charge in [-0.1, -0.05) is 32.9 Å². The topological polar surface area (TPSA) is 20.3 Å². The van der Waals surface area contributed by atoms with Gasteiger partial charge in [-0.15, -0.1) is 0 Å². The first-order valence-electron chi connectivity index (χ1n) is 7.25.